The highest BCUT2D eigenvalue weighted by atomic mass is 16.5. The number of rotatable bonds is 2. The summed E-state index contributed by atoms with van der Waals surface area (Å²) in [6.45, 7) is 0. The van der Waals surface area contributed by atoms with Gasteiger partial charge < -0.3 is 15.2 Å². The normalized spacial score (nSPS) is 27.5. The quantitative estimate of drug-likeness (QED) is 0.860. The van der Waals surface area contributed by atoms with Crippen molar-refractivity contribution in [1.82, 2.24) is 0 Å². The molecule has 19 heavy (non-hydrogen) atoms. The molecule has 1 aromatic carbocycles. The summed E-state index contributed by atoms with van der Waals surface area (Å²) in [7, 11) is 1.71. The van der Waals surface area contributed by atoms with Crippen molar-refractivity contribution in [1.29, 1.82) is 0 Å². The fraction of sp³-hybridized carbons (Fsp3) is 0.625. The molecule has 0 saturated heterocycles. The molecule has 0 spiro atoms. The molecule has 3 heteroatoms. The zero-order valence-corrected chi connectivity index (χ0v) is 11.6. The molecule has 1 heterocycles. The van der Waals surface area contributed by atoms with Crippen LogP contribution in [-0.4, -0.2) is 24.4 Å². The summed E-state index contributed by atoms with van der Waals surface area (Å²) in [5.74, 6) is 1.49. The Hall–Kier alpha value is -1.22. The molecule has 1 saturated carbocycles. The Balaban J connectivity index is 1.85. The van der Waals surface area contributed by atoms with Gasteiger partial charge in [-0.25, -0.2) is 0 Å². The number of aliphatic hydroxyl groups excluding tert-OH is 1. The van der Waals surface area contributed by atoms with Crippen LogP contribution in [0.4, 0.5) is 5.69 Å². The van der Waals surface area contributed by atoms with E-state index in [1.165, 1.54) is 37.7 Å². The minimum atomic E-state index is -0.275. The van der Waals surface area contributed by atoms with Crippen molar-refractivity contribution in [3.8, 4) is 5.75 Å². The molecule has 1 aliphatic heterocycles. The van der Waals surface area contributed by atoms with Gasteiger partial charge in [-0.15, -0.1) is 0 Å². The van der Waals surface area contributed by atoms with E-state index in [-0.39, 0.29) is 12.1 Å². The number of hydrogen-bond donors (Lipinski definition) is 2. The molecule has 1 fully saturated rings. The van der Waals surface area contributed by atoms with Crippen LogP contribution in [0.3, 0.4) is 0 Å². The molecular weight excluding hydrogens is 238 g/mol. The van der Waals surface area contributed by atoms with Crippen molar-refractivity contribution < 1.29 is 9.84 Å². The van der Waals surface area contributed by atoms with E-state index in [1.54, 1.807) is 7.11 Å². The zero-order valence-electron chi connectivity index (χ0n) is 11.6. The van der Waals surface area contributed by atoms with Gasteiger partial charge in [-0.2, -0.15) is 0 Å². The maximum Gasteiger partial charge on any atom is 0.142 e. The van der Waals surface area contributed by atoms with Crippen molar-refractivity contribution >= 4 is 5.69 Å². The topological polar surface area (TPSA) is 41.5 Å². The van der Waals surface area contributed by atoms with Crippen LogP contribution in [-0.2, 0) is 6.42 Å². The number of benzene rings is 1. The fourth-order valence-electron chi connectivity index (χ4n) is 3.62. The molecule has 2 aliphatic rings. The average molecular weight is 261 g/mol. The van der Waals surface area contributed by atoms with Gasteiger partial charge in [-0.3, -0.25) is 0 Å². The number of fused-ring (bicyclic) bond motifs is 1. The number of aliphatic hydroxyl groups is 1. The molecule has 3 rings (SSSR count). The largest absolute Gasteiger partial charge is 0.495 e. The Morgan fingerprint density at radius 1 is 1.21 bits per heavy atom. The lowest BCUT2D eigenvalue weighted by molar-refractivity contribution is 0.109. The minimum Gasteiger partial charge on any atom is -0.495 e. The molecule has 0 radical (unpaired) electrons. The summed E-state index contributed by atoms with van der Waals surface area (Å²) in [5, 5.41) is 14.0. The van der Waals surface area contributed by atoms with E-state index in [2.05, 4.69) is 11.4 Å². The lowest BCUT2D eigenvalue weighted by Gasteiger charge is -2.39. The molecule has 1 aromatic rings. The molecule has 104 valence electrons. The summed E-state index contributed by atoms with van der Waals surface area (Å²) in [4.78, 5) is 0. The third-order valence-electron chi connectivity index (χ3n) is 4.64. The Labute approximate surface area is 115 Å². The van der Waals surface area contributed by atoms with Crippen molar-refractivity contribution in [3.63, 3.8) is 0 Å². The summed E-state index contributed by atoms with van der Waals surface area (Å²) < 4.78 is 5.44. The monoisotopic (exact) mass is 261 g/mol. The first-order chi connectivity index (χ1) is 9.29. The molecule has 2 unspecified atom stereocenters. The van der Waals surface area contributed by atoms with Crippen LogP contribution in [0.2, 0.25) is 0 Å². The van der Waals surface area contributed by atoms with E-state index < -0.39 is 0 Å². The van der Waals surface area contributed by atoms with Gasteiger partial charge in [0, 0.05) is 6.42 Å². The molecule has 0 aromatic heterocycles. The number of para-hydroxylation sites is 1. The van der Waals surface area contributed by atoms with Crippen LogP contribution in [0.15, 0.2) is 18.2 Å². The maximum atomic E-state index is 10.4. The first-order valence-electron chi connectivity index (χ1n) is 7.40. The van der Waals surface area contributed by atoms with E-state index in [4.69, 9.17) is 4.74 Å². The molecular formula is C16H23NO2. The Morgan fingerprint density at radius 3 is 2.74 bits per heavy atom. The number of ether oxygens (including phenoxy) is 1. The number of anilines is 1. The van der Waals surface area contributed by atoms with Crippen LogP contribution in [0.25, 0.3) is 0 Å². The maximum absolute atomic E-state index is 10.4. The molecule has 0 bridgehead atoms. The van der Waals surface area contributed by atoms with E-state index in [0.717, 1.165) is 17.9 Å². The molecule has 2 N–H and O–H groups in total. The smallest absolute Gasteiger partial charge is 0.142 e. The van der Waals surface area contributed by atoms with Crippen molar-refractivity contribution in [2.75, 3.05) is 12.4 Å². The third kappa shape index (κ3) is 2.44. The van der Waals surface area contributed by atoms with Crippen LogP contribution in [0, 0.1) is 5.92 Å². The highest BCUT2D eigenvalue weighted by Crippen LogP contribution is 2.38. The lowest BCUT2D eigenvalue weighted by Crippen LogP contribution is -2.45. The van der Waals surface area contributed by atoms with Gasteiger partial charge in [-0.05, 0) is 30.4 Å². The number of methoxy groups -OCH3 is 1. The summed E-state index contributed by atoms with van der Waals surface area (Å²) in [6, 6.07) is 6.24. The lowest BCUT2D eigenvalue weighted by atomic mass is 9.78. The second kappa shape index (κ2) is 5.41. The van der Waals surface area contributed by atoms with Gasteiger partial charge >= 0.3 is 0 Å². The summed E-state index contributed by atoms with van der Waals surface area (Å²) in [5.41, 5.74) is 2.25. The van der Waals surface area contributed by atoms with E-state index >= 15 is 0 Å². The van der Waals surface area contributed by atoms with Crippen LogP contribution < -0.4 is 10.1 Å². The standard InChI is InChI=1S/C16H23NO2/c1-19-14-9-5-8-12-10-13(18)15(17-16(12)14)11-6-3-2-4-7-11/h5,8-9,11,13,15,17-18H,2-4,6-7,10H2,1H3. The van der Waals surface area contributed by atoms with Gasteiger partial charge in [0.2, 0.25) is 0 Å². The van der Waals surface area contributed by atoms with Gasteiger partial charge in [0.15, 0.2) is 0 Å². The van der Waals surface area contributed by atoms with Gasteiger partial charge in [0.05, 0.1) is 24.9 Å². The third-order valence-corrected chi connectivity index (χ3v) is 4.64. The van der Waals surface area contributed by atoms with E-state index in [1.807, 2.05) is 12.1 Å². The number of nitrogens with one attached hydrogen (secondary N) is 1. The Morgan fingerprint density at radius 2 is 2.00 bits per heavy atom. The Bertz CT molecular complexity index is 440. The van der Waals surface area contributed by atoms with Crippen LogP contribution >= 0.6 is 0 Å². The molecule has 1 aliphatic carbocycles. The SMILES string of the molecule is COc1cccc2c1NC(C1CCCCC1)C(O)C2. The highest BCUT2D eigenvalue weighted by molar-refractivity contribution is 5.64. The average Bonchev–Trinajstić information content (AvgIpc) is 2.46. The van der Waals surface area contributed by atoms with Gasteiger partial charge in [-0.1, -0.05) is 31.4 Å². The predicted molar refractivity (Wildman–Crippen MR) is 76.7 cm³/mol. The van der Waals surface area contributed by atoms with Gasteiger partial charge in [0.25, 0.3) is 0 Å². The first-order valence-corrected chi connectivity index (χ1v) is 7.40. The Kier molecular flexibility index (Phi) is 3.65. The fourth-order valence-corrected chi connectivity index (χ4v) is 3.62. The summed E-state index contributed by atoms with van der Waals surface area (Å²) in [6.07, 6.45) is 6.88. The molecule has 2 atom stereocenters. The minimum absolute atomic E-state index is 0.184. The van der Waals surface area contributed by atoms with Crippen LogP contribution in [0.5, 0.6) is 5.75 Å². The van der Waals surface area contributed by atoms with Crippen LogP contribution in [0.1, 0.15) is 37.7 Å². The summed E-state index contributed by atoms with van der Waals surface area (Å²) >= 11 is 0. The number of hydrogen-bond acceptors (Lipinski definition) is 3. The molecule has 0 amide bonds. The second-order valence-corrected chi connectivity index (χ2v) is 5.83. The van der Waals surface area contributed by atoms with Crippen molar-refractivity contribution in [2.24, 2.45) is 5.92 Å². The van der Waals surface area contributed by atoms with Gasteiger partial charge in [0.1, 0.15) is 5.75 Å². The highest BCUT2D eigenvalue weighted by Gasteiger charge is 2.34. The van der Waals surface area contributed by atoms with Crippen molar-refractivity contribution in [2.45, 2.75) is 50.7 Å². The predicted octanol–water partition coefficient (Wildman–Crippen LogP) is 2.97. The zero-order chi connectivity index (χ0) is 13.2. The molecule has 3 nitrogen and oxygen atoms in total. The first kappa shape index (κ1) is 12.8. The second-order valence-electron chi connectivity index (χ2n) is 5.83. The van der Waals surface area contributed by atoms with Crippen molar-refractivity contribution in [3.05, 3.63) is 23.8 Å². The van der Waals surface area contributed by atoms with E-state index in [0.29, 0.717) is 5.92 Å². The van der Waals surface area contributed by atoms with E-state index in [9.17, 15) is 5.11 Å².